The van der Waals surface area contributed by atoms with Gasteiger partial charge in [0.2, 0.25) is 5.78 Å². The molecule has 0 bridgehead atoms. The molecule has 0 saturated carbocycles. The maximum absolute atomic E-state index is 12.3. The van der Waals surface area contributed by atoms with Gasteiger partial charge >= 0.3 is 0 Å². The van der Waals surface area contributed by atoms with Crippen molar-refractivity contribution >= 4 is 27.8 Å². The van der Waals surface area contributed by atoms with Crippen LogP contribution in [-0.4, -0.2) is 10.4 Å². The molecule has 4 rings (SSSR count). The first-order valence-corrected chi connectivity index (χ1v) is 8.62. The largest absolute Gasteiger partial charge is 0.340 e. The Labute approximate surface area is 149 Å². The summed E-state index contributed by atoms with van der Waals surface area (Å²) in [5.74, 6) is 0.131. The van der Waals surface area contributed by atoms with Crippen molar-refractivity contribution in [3.05, 3.63) is 94.0 Å². The minimum atomic E-state index is 0.131. The smallest absolute Gasteiger partial charge is 0.207 e. The van der Waals surface area contributed by atoms with Crippen molar-refractivity contribution < 1.29 is 9.36 Å². The van der Waals surface area contributed by atoms with Gasteiger partial charge in [-0.25, -0.2) is 4.57 Å². The molecule has 1 aliphatic rings. The topological polar surface area (TPSA) is 25.9 Å². The first kappa shape index (κ1) is 15.1. The highest BCUT2D eigenvalue weighted by Crippen LogP contribution is 2.22. The molecule has 0 spiro atoms. The van der Waals surface area contributed by atoms with E-state index in [4.69, 9.17) is 0 Å². The molecule has 4 heteroatoms. The molecule has 1 aliphatic heterocycles. The van der Waals surface area contributed by atoms with Crippen LogP contribution < -0.4 is 4.57 Å². The number of benzene rings is 1. The maximum atomic E-state index is 12.3. The van der Waals surface area contributed by atoms with Crippen LogP contribution in [0.2, 0.25) is 0 Å². The molecule has 3 heterocycles. The number of rotatable bonds is 3. The molecule has 0 atom stereocenters. The van der Waals surface area contributed by atoms with Crippen LogP contribution in [0.25, 0.3) is 6.08 Å². The van der Waals surface area contributed by atoms with Gasteiger partial charge in [0.1, 0.15) is 0 Å². The number of carbonyl (C=O) groups is 1. The van der Waals surface area contributed by atoms with E-state index in [-0.39, 0.29) is 5.78 Å². The quantitative estimate of drug-likeness (QED) is 0.501. The standard InChI is InChI=1S/C20H16BrN2O/c21-18-5-3-16(4-6-18)13-22-10-7-15(8-11-22)12-17-14-23-9-1-2-19(23)20(17)24/h1-12H,13-14H2/q+1/b17-12+. The SMILES string of the molecule is O=C1/C(=C/c2cc[n+](Cc3ccc(Br)cc3)cc2)Cn2cccc21. The van der Waals surface area contributed by atoms with Crippen molar-refractivity contribution in [1.82, 2.24) is 4.57 Å². The summed E-state index contributed by atoms with van der Waals surface area (Å²) in [6.07, 6.45) is 8.03. The van der Waals surface area contributed by atoms with Crippen molar-refractivity contribution in [2.75, 3.05) is 0 Å². The number of Topliss-reactive ketones (excluding diaryl/α,β-unsaturated/α-hetero) is 1. The Morgan fingerprint density at radius 3 is 2.54 bits per heavy atom. The molecule has 0 N–H and O–H groups in total. The van der Waals surface area contributed by atoms with Crippen LogP contribution in [0.4, 0.5) is 0 Å². The molecular weight excluding hydrogens is 364 g/mol. The van der Waals surface area contributed by atoms with Gasteiger partial charge in [0.15, 0.2) is 18.9 Å². The van der Waals surface area contributed by atoms with Gasteiger partial charge in [-0.15, -0.1) is 0 Å². The van der Waals surface area contributed by atoms with E-state index in [9.17, 15) is 4.79 Å². The fourth-order valence-corrected chi connectivity index (χ4v) is 3.23. The van der Waals surface area contributed by atoms with Gasteiger partial charge in [0.05, 0.1) is 12.2 Å². The van der Waals surface area contributed by atoms with E-state index in [0.717, 1.165) is 27.8 Å². The number of hydrogen-bond acceptors (Lipinski definition) is 1. The fourth-order valence-electron chi connectivity index (χ4n) is 2.96. The number of carbonyl (C=O) groups excluding carboxylic acids is 1. The van der Waals surface area contributed by atoms with Crippen LogP contribution in [0.1, 0.15) is 21.6 Å². The Kier molecular flexibility index (Phi) is 3.90. The van der Waals surface area contributed by atoms with E-state index < -0.39 is 0 Å². The first-order valence-electron chi connectivity index (χ1n) is 7.83. The summed E-state index contributed by atoms with van der Waals surface area (Å²) >= 11 is 3.45. The average molecular weight is 380 g/mol. The monoisotopic (exact) mass is 379 g/mol. The summed E-state index contributed by atoms with van der Waals surface area (Å²) in [6.45, 7) is 1.49. The molecule has 0 fully saturated rings. The predicted molar refractivity (Wildman–Crippen MR) is 96.6 cm³/mol. The van der Waals surface area contributed by atoms with E-state index in [0.29, 0.717) is 6.54 Å². The van der Waals surface area contributed by atoms with E-state index in [2.05, 4.69) is 44.8 Å². The van der Waals surface area contributed by atoms with Gasteiger partial charge in [-0.3, -0.25) is 4.79 Å². The average Bonchev–Trinajstić information content (AvgIpc) is 3.15. The highest BCUT2D eigenvalue weighted by Gasteiger charge is 2.23. The lowest BCUT2D eigenvalue weighted by Crippen LogP contribution is -2.33. The number of pyridine rings is 1. The van der Waals surface area contributed by atoms with E-state index in [1.54, 1.807) is 0 Å². The minimum absolute atomic E-state index is 0.131. The van der Waals surface area contributed by atoms with Crippen molar-refractivity contribution in [2.24, 2.45) is 0 Å². The van der Waals surface area contributed by atoms with E-state index >= 15 is 0 Å². The Morgan fingerprint density at radius 1 is 1.08 bits per heavy atom. The molecule has 0 unspecified atom stereocenters. The van der Waals surface area contributed by atoms with Crippen LogP contribution in [0, 0.1) is 0 Å². The Hall–Kier alpha value is -2.46. The third-order valence-corrected chi connectivity index (χ3v) is 4.76. The van der Waals surface area contributed by atoms with Gasteiger partial charge in [-0.1, -0.05) is 28.1 Å². The van der Waals surface area contributed by atoms with E-state index in [1.165, 1.54) is 5.56 Å². The summed E-state index contributed by atoms with van der Waals surface area (Å²) in [5.41, 5.74) is 3.93. The summed E-state index contributed by atoms with van der Waals surface area (Å²) in [4.78, 5) is 12.3. The Bertz CT molecular complexity index is 921. The fraction of sp³-hybridized carbons (Fsp3) is 0.100. The highest BCUT2D eigenvalue weighted by atomic mass is 79.9. The molecule has 0 amide bonds. The molecule has 3 aromatic rings. The zero-order valence-electron chi connectivity index (χ0n) is 13.0. The molecule has 1 aromatic carbocycles. The van der Waals surface area contributed by atoms with Crippen LogP contribution in [0.5, 0.6) is 0 Å². The summed E-state index contributed by atoms with van der Waals surface area (Å²) in [7, 11) is 0. The normalized spacial score (nSPS) is 15.0. The minimum Gasteiger partial charge on any atom is -0.340 e. The van der Waals surface area contributed by atoms with Crippen LogP contribution in [-0.2, 0) is 13.1 Å². The maximum Gasteiger partial charge on any atom is 0.207 e. The number of nitrogens with zero attached hydrogens (tertiary/aromatic N) is 2. The third kappa shape index (κ3) is 2.97. The molecule has 24 heavy (non-hydrogen) atoms. The summed E-state index contributed by atoms with van der Waals surface area (Å²) in [6, 6.07) is 16.2. The Balaban J connectivity index is 1.50. The predicted octanol–water partition coefficient (Wildman–Crippen LogP) is 3.87. The summed E-state index contributed by atoms with van der Waals surface area (Å²) in [5, 5.41) is 0. The number of aromatic nitrogens is 2. The van der Waals surface area contributed by atoms with Gasteiger partial charge in [-0.2, -0.15) is 0 Å². The zero-order chi connectivity index (χ0) is 16.5. The molecule has 0 aliphatic carbocycles. The third-order valence-electron chi connectivity index (χ3n) is 4.23. The van der Waals surface area contributed by atoms with Crippen molar-refractivity contribution in [2.45, 2.75) is 13.1 Å². The second-order valence-electron chi connectivity index (χ2n) is 5.95. The van der Waals surface area contributed by atoms with Gasteiger partial charge in [0.25, 0.3) is 0 Å². The van der Waals surface area contributed by atoms with Gasteiger partial charge in [-0.05, 0) is 35.9 Å². The van der Waals surface area contributed by atoms with Crippen LogP contribution >= 0.6 is 15.9 Å². The van der Waals surface area contributed by atoms with Crippen molar-refractivity contribution in [3.63, 3.8) is 0 Å². The molecule has 0 saturated heterocycles. The van der Waals surface area contributed by atoms with E-state index in [1.807, 2.05) is 53.5 Å². The number of allylic oxidation sites excluding steroid dienone is 1. The van der Waals surface area contributed by atoms with Crippen molar-refractivity contribution in [3.8, 4) is 0 Å². The summed E-state index contributed by atoms with van der Waals surface area (Å²) < 4.78 is 5.21. The number of ketones is 1. The molecular formula is C20H16BrN2O+. The van der Waals surface area contributed by atoms with Crippen LogP contribution in [0.15, 0.2) is 77.2 Å². The number of hydrogen-bond donors (Lipinski definition) is 0. The van der Waals surface area contributed by atoms with Crippen LogP contribution in [0.3, 0.4) is 0 Å². The molecule has 3 nitrogen and oxygen atoms in total. The Morgan fingerprint density at radius 2 is 1.83 bits per heavy atom. The van der Waals surface area contributed by atoms with Gasteiger partial charge < -0.3 is 4.57 Å². The second kappa shape index (κ2) is 6.21. The molecule has 0 radical (unpaired) electrons. The highest BCUT2D eigenvalue weighted by molar-refractivity contribution is 9.10. The molecule has 118 valence electrons. The number of halogens is 1. The number of fused-ring (bicyclic) bond motifs is 1. The van der Waals surface area contributed by atoms with Crippen molar-refractivity contribution in [1.29, 1.82) is 0 Å². The second-order valence-corrected chi connectivity index (χ2v) is 6.87. The zero-order valence-corrected chi connectivity index (χ0v) is 14.6. The lowest BCUT2D eigenvalue weighted by atomic mass is 10.1. The molecule has 2 aromatic heterocycles. The van der Waals surface area contributed by atoms with Gasteiger partial charge in [0, 0.05) is 33.9 Å². The lowest BCUT2D eigenvalue weighted by molar-refractivity contribution is -0.688. The lowest BCUT2D eigenvalue weighted by Gasteiger charge is -2.00. The first-order chi connectivity index (χ1) is 11.7.